The Morgan fingerprint density at radius 2 is 1.85 bits per heavy atom. The summed E-state index contributed by atoms with van der Waals surface area (Å²) in [6.07, 6.45) is 1.30. The normalized spacial score (nSPS) is 16.0. The highest BCUT2D eigenvalue weighted by Crippen LogP contribution is 2.33. The highest BCUT2D eigenvalue weighted by atomic mass is 35.5. The lowest BCUT2D eigenvalue weighted by Crippen LogP contribution is -2.37. The van der Waals surface area contributed by atoms with E-state index < -0.39 is 10.0 Å². The molecule has 0 saturated carbocycles. The molecule has 0 aliphatic carbocycles. The van der Waals surface area contributed by atoms with Crippen molar-refractivity contribution in [3.8, 4) is 0 Å². The van der Waals surface area contributed by atoms with Crippen molar-refractivity contribution in [2.24, 2.45) is 0 Å². The van der Waals surface area contributed by atoms with Crippen LogP contribution < -0.4 is 5.32 Å². The fraction of sp³-hybridized carbons (Fsp3) is 0.435. The van der Waals surface area contributed by atoms with Crippen LogP contribution >= 0.6 is 34.3 Å². The fourth-order valence-corrected chi connectivity index (χ4v) is 7.29. The van der Waals surface area contributed by atoms with Gasteiger partial charge in [-0.1, -0.05) is 38.4 Å². The number of carbonyl (C=O) groups excluding carboxylic acids is 1. The molecule has 1 saturated heterocycles. The molecule has 2 aromatic heterocycles. The van der Waals surface area contributed by atoms with Gasteiger partial charge in [-0.15, -0.1) is 22.7 Å². The molecule has 3 aromatic rings. The predicted molar refractivity (Wildman–Crippen MR) is 138 cm³/mol. The van der Waals surface area contributed by atoms with Gasteiger partial charge in [-0.05, 0) is 37.5 Å². The molecule has 0 bridgehead atoms. The van der Waals surface area contributed by atoms with E-state index in [1.165, 1.54) is 33.0 Å². The van der Waals surface area contributed by atoms with Crippen LogP contribution in [0.1, 0.15) is 66.3 Å². The van der Waals surface area contributed by atoms with Crippen LogP contribution in [0.2, 0.25) is 5.02 Å². The third-order valence-electron chi connectivity index (χ3n) is 5.83. The minimum Gasteiger partial charge on any atom is -0.296 e. The van der Waals surface area contributed by atoms with Gasteiger partial charge in [0.25, 0.3) is 5.91 Å². The molecule has 1 fully saturated rings. The number of benzene rings is 1. The van der Waals surface area contributed by atoms with Crippen LogP contribution in [0.15, 0.2) is 33.9 Å². The number of hydrogen-bond acceptors (Lipinski definition) is 7. The lowest BCUT2D eigenvalue weighted by molar-refractivity contribution is 0.102. The first-order valence-corrected chi connectivity index (χ1v) is 14.5. The van der Waals surface area contributed by atoms with Crippen LogP contribution in [-0.2, 0) is 15.4 Å². The predicted octanol–water partition coefficient (Wildman–Crippen LogP) is 5.68. The van der Waals surface area contributed by atoms with E-state index in [2.05, 4.69) is 36.1 Å². The molecule has 0 radical (unpaired) electrons. The minimum absolute atomic E-state index is 0.0820. The number of rotatable bonds is 5. The number of amides is 1. The highest BCUT2D eigenvalue weighted by molar-refractivity contribution is 7.89. The van der Waals surface area contributed by atoms with Crippen molar-refractivity contribution in [3.05, 3.63) is 55.9 Å². The van der Waals surface area contributed by atoms with Crippen molar-refractivity contribution in [1.82, 2.24) is 14.3 Å². The fourth-order valence-electron chi connectivity index (χ4n) is 3.64. The maximum Gasteiger partial charge on any atom is 0.276 e. The highest BCUT2D eigenvalue weighted by Gasteiger charge is 2.31. The van der Waals surface area contributed by atoms with E-state index in [0.29, 0.717) is 41.8 Å². The quantitative estimate of drug-likeness (QED) is 0.451. The van der Waals surface area contributed by atoms with Gasteiger partial charge < -0.3 is 0 Å². The van der Waals surface area contributed by atoms with Crippen LogP contribution in [0.5, 0.6) is 0 Å². The summed E-state index contributed by atoms with van der Waals surface area (Å²) in [5, 5.41) is 8.39. The second-order valence-corrected chi connectivity index (χ2v) is 13.5. The number of carbonyl (C=O) groups is 1. The molecule has 1 aromatic carbocycles. The summed E-state index contributed by atoms with van der Waals surface area (Å²) in [6.45, 7) is 8.86. The van der Waals surface area contributed by atoms with Gasteiger partial charge in [-0.25, -0.2) is 18.4 Å². The van der Waals surface area contributed by atoms with Crippen molar-refractivity contribution in [3.63, 3.8) is 0 Å². The van der Waals surface area contributed by atoms with E-state index >= 15 is 0 Å². The van der Waals surface area contributed by atoms with E-state index in [1.807, 2.05) is 12.3 Å². The van der Waals surface area contributed by atoms with E-state index in [0.717, 1.165) is 16.3 Å². The number of sulfonamides is 1. The van der Waals surface area contributed by atoms with Crippen molar-refractivity contribution in [2.75, 3.05) is 18.4 Å². The molecule has 1 amide bonds. The zero-order valence-electron chi connectivity index (χ0n) is 19.5. The molecule has 3 heterocycles. The van der Waals surface area contributed by atoms with Crippen molar-refractivity contribution >= 4 is 55.3 Å². The molecule has 0 spiro atoms. The molecule has 1 N–H and O–H groups in total. The maximum atomic E-state index is 13.0. The number of aromatic nitrogens is 2. The van der Waals surface area contributed by atoms with E-state index in [9.17, 15) is 13.2 Å². The number of hydrogen-bond donors (Lipinski definition) is 1. The Kier molecular flexibility index (Phi) is 7.17. The van der Waals surface area contributed by atoms with E-state index in [4.69, 9.17) is 11.6 Å². The summed E-state index contributed by atoms with van der Waals surface area (Å²) in [7, 11) is -3.60. The molecule has 182 valence electrons. The SMILES string of the molecule is Cc1ccc(S(=O)(=O)N2CCC(c3nc(C(=O)Nc4nc(C(C)(C)C)cs4)cs3)CC2)cc1Cl. The third kappa shape index (κ3) is 5.36. The van der Waals surface area contributed by atoms with Gasteiger partial charge in [-0.3, -0.25) is 10.1 Å². The van der Waals surface area contributed by atoms with Gasteiger partial charge in [0.2, 0.25) is 10.0 Å². The van der Waals surface area contributed by atoms with Crippen LogP contribution in [0.25, 0.3) is 0 Å². The topological polar surface area (TPSA) is 92.3 Å². The molecule has 7 nitrogen and oxygen atoms in total. The van der Waals surface area contributed by atoms with Crippen LogP contribution in [0.3, 0.4) is 0 Å². The largest absolute Gasteiger partial charge is 0.296 e. The van der Waals surface area contributed by atoms with Crippen molar-refractivity contribution < 1.29 is 13.2 Å². The molecular weight excluding hydrogens is 512 g/mol. The number of piperidine rings is 1. The van der Waals surface area contributed by atoms with Crippen LogP contribution in [-0.4, -0.2) is 41.7 Å². The first-order valence-electron chi connectivity index (χ1n) is 10.9. The second kappa shape index (κ2) is 9.66. The summed E-state index contributed by atoms with van der Waals surface area (Å²) < 4.78 is 27.5. The standard InChI is InChI=1S/C23H27ClN4O3S3/c1-14-5-6-16(11-17(14)24)34(30,31)28-9-7-15(8-10-28)21-25-18(12-32-21)20(29)27-22-26-19(13-33-22)23(2,3)4/h5-6,11-13,15H,7-10H2,1-4H3,(H,26,27,29). The molecule has 34 heavy (non-hydrogen) atoms. The summed E-state index contributed by atoms with van der Waals surface area (Å²) in [5.74, 6) is -0.166. The number of thiazole rings is 2. The zero-order chi connectivity index (χ0) is 24.7. The number of halogens is 1. The van der Waals surface area contributed by atoms with Gasteiger partial charge >= 0.3 is 0 Å². The van der Waals surface area contributed by atoms with Gasteiger partial charge in [-0.2, -0.15) is 4.31 Å². The lowest BCUT2D eigenvalue weighted by atomic mass is 9.93. The van der Waals surface area contributed by atoms with E-state index in [-0.39, 0.29) is 22.1 Å². The summed E-state index contributed by atoms with van der Waals surface area (Å²) >= 11 is 8.97. The summed E-state index contributed by atoms with van der Waals surface area (Å²) in [5.41, 5.74) is 2.05. The first-order chi connectivity index (χ1) is 15.9. The van der Waals surface area contributed by atoms with Crippen LogP contribution in [0.4, 0.5) is 5.13 Å². The lowest BCUT2D eigenvalue weighted by Gasteiger charge is -2.30. The molecule has 11 heteroatoms. The number of aryl methyl sites for hydroxylation is 1. The van der Waals surface area contributed by atoms with Crippen molar-refractivity contribution in [2.45, 2.75) is 56.8 Å². The maximum absolute atomic E-state index is 13.0. The van der Waals surface area contributed by atoms with Gasteiger partial charge in [0, 0.05) is 40.2 Å². The summed E-state index contributed by atoms with van der Waals surface area (Å²) in [6, 6.07) is 4.83. The summed E-state index contributed by atoms with van der Waals surface area (Å²) in [4.78, 5) is 21.9. The minimum atomic E-state index is -3.60. The monoisotopic (exact) mass is 538 g/mol. The number of nitrogens with zero attached hydrogens (tertiary/aromatic N) is 3. The van der Waals surface area contributed by atoms with Crippen LogP contribution in [0, 0.1) is 6.92 Å². The number of anilines is 1. The Balaban J connectivity index is 1.38. The smallest absolute Gasteiger partial charge is 0.276 e. The van der Waals surface area contributed by atoms with Gasteiger partial charge in [0.05, 0.1) is 15.6 Å². The average Bonchev–Trinajstić information content (AvgIpc) is 3.45. The molecule has 1 aliphatic heterocycles. The molecule has 4 rings (SSSR count). The second-order valence-electron chi connectivity index (χ2n) is 9.40. The van der Waals surface area contributed by atoms with Gasteiger partial charge in [0.1, 0.15) is 5.69 Å². The Morgan fingerprint density at radius 1 is 1.15 bits per heavy atom. The molecule has 0 unspecified atom stereocenters. The molecule has 0 atom stereocenters. The van der Waals surface area contributed by atoms with Gasteiger partial charge in [0.15, 0.2) is 5.13 Å². The zero-order valence-corrected chi connectivity index (χ0v) is 22.7. The Bertz CT molecular complexity index is 1300. The number of nitrogens with one attached hydrogen (secondary N) is 1. The molecule has 1 aliphatic rings. The first kappa shape index (κ1) is 25.2. The third-order valence-corrected chi connectivity index (χ3v) is 9.90. The Hall–Kier alpha value is -1.85. The Labute approximate surface area is 213 Å². The average molecular weight is 539 g/mol. The van der Waals surface area contributed by atoms with E-state index in [1.54, 1.807) is 17.5 Å². The molecular formula is C23H27ClN4O3S3. The Morgan fingerprint density at radius 3 is 2.47 bits per heavy atom. The van der Waals surface area contributed by atoms with Crippen molar-refractivity contribution in [1.29, 1.82) is 0 Å².